The van der Waals surface area contributed by atoms with E-state index in [0.29, 0.717) is 5.69 Å². The zero-order chi connectivity index (χ0) is 28.3. The van der Waals surface area contributed by atoms with E-state index < -0.39 is 11.6 Å². The average molecular weight is 548 g/mol. The van der Waals surface area contributed by atoms with Gasteiger partial charge in [-0.15, -0.1) is 11.3 Å². The van der Waals surface area contributed by atoms with Gasteiger partial charge >= 0.3 is 6.18 Å². The first-order chi connectivity index (χ1) is 18.2. The largest absolute Gasteiger partial charge is 0.394 e. The van der Waals surface area contributed by atoms with Crippen molar-refractivity contribution in [2.24, 2.45) is 12.5 Å². The van der Waals surface area contributed by atoms with Crippen LogP contribution in [0.25, 0.3) is 43.5 Å². The van der Waals surface area contributed by atoms with Crippen molar-refractivity contribution in [3.63, 3.8) is 0 Å². The van der Waals surface area contributed by atoms with Crippen molar-refractivity contribution < 1.29 is 17.7 Å². The Bertz CT molecular complexity index is 1700. The van der Waals surface area contributed by atoms with Crippen molar-refractivity contribution in [2.75, 3.05) is 0 Å². The fourth-order valence-corrected chi connectivity index (χ4v) is 6.19. The van der Waals surface area contributed by atoms with Gasteiger partial charge in [0.1, 0.15) is 12.1 Å². The van der Waals surface area contributed by atoms with Gasteiger partial charge in [-0.3, -0.25) is 0 Å². The lowest BCUT2D eigenvalue weighted by atomic mass is 9.80. The average Bonchev–Trinajstić information content (AvgIpc) is 3.31. The Balaban J connectivity index is 1.75. The SMILES string of the molecule is Cc1c(-c2cc(-c3nc(CC(C)(C)C(F)(F)F)cs3)c3ccccc3[n+]2C)cc(C(C)(C)C)c2ccccc12. The molecule has 5 rings (SSSR count). The zero-order valence-electron chi connectivity index (χ0n) is 23.5. The quantitative estimate of drug-likeness (QED) is 0.205. The Kier molecular flexibility index (Phi) is 6.61. The molecule has 0 unspecified atom stereocenters. The van der Waals surface area contributed by atoms with Crippen LogP contribution in [0.4, 0.5) is 13.2 Å². The number of pyridine rings is 1. The molecule has 0 N–H and O–H groups in total. The number of halogens is 3. The summed E-state index contributed by atoms with van der Waals surface area (Å²) in [5.41, 5.74) is 5.20. The molecular weight excluding hydrogens is 513 g/mol. The maximum atomic E-state index is 13.6. The molecule has 0 amide bonds. The summed E-state index contributed by atoms with van der Waals surface area (Å²) in [6.45, 7) is 11.3. The van der Waals surface area contributed by atoms with Gasteiger partial charge in [-0.1, -0.05) is 71.0 Å². The molecule has 2 heterocycles. The fraction of sp³-hybridized carbons (Fsp3) is 0.333. The van der Waals surface area contributed by atoms with E-state index in [2.05, 4.69) is 87.8 Å². The Labute approximate surface area is 232 Å². The zero-order valence-corrected chi connectivity index (χ0v) is 24.3. The standard InChI is InChI=1S/C33H34F3N2S/c1-20-22-12-8-9-13-23(22)27(31(2,3)4)16-25(20)29-17-26(24-14-10-11-15-28(24)38(29)7)30-37-21(19-39-30)18-32(5,6)33(34,35)36/h8-17,19H,18H2,1-7H3/q+1. The minimum absolute atomic E-state index is 0.0597. The molecule has 6 heteroatoms. The number of rotatable bonds is 4. The molecule has 39 heavy (non-hydrogen) atoms. The Morgan fingerprint density at radius 3 is 2.08 bits per heavy atom. The highest BCUT2D eigenvalue weighted by Gasteiger charge is 2.47. The highest BCUT2D eigenvalue weighted by Crippen LogP contribution is 2.42. The van der Waals surface area contributed by atoms with Crippen LogP contribution in [-0.4, -0.2) is 11.2 Å². The normalized spacial score (nSPS) is 13.0. The van der Waals surface area contributed by atoms with Gasteiger partial charge in [0.05, 0.1) is 22.1 Å². The number of nitrogens with zero attached hydrogens (tertiary/aromatic N) is 2. The first-order valence-electron chi connectivity index (χ1n) is 13.2. The van der Waals surface area contributed by atoms with E-state index in [1.165, 1.54) is 47.1 Å². The number of para-hydroxylation sites is 1. The van der Waals surface area contributed by atoms with Crippen LogP contribution in [0.5, 0.6) is 0 Å². The van der Waals surface area contributed by atoms with Crippen molar-refractivity contribution in [1.82, 2.24) is 4.98 Å². The molecule has 2 nitrogen and oxygen atoms in total. The van der Waals surface area contributed by atoms with Crippen molar-refractivity contribution in [3.8, 4) is 21.8 Å². The molecule has 0 saturated carbocycles. The van der Waals surface area contributed by atoms with Gasteiger partial charge in [0.25, 0.3) is 0 Å². The lowest BCUT2D eigenvalue weighted by Crippen LogP contribution is -2.34. The van der Waals surface area contributed by atoms with Gasteiger partial charge < -0.3 is 0 Å². The minimum Gasteiger partial charge on any atom is -0.241 e. The Morgan fingerprint density at radius 1 is 0.821 bits per heavy atom. The molecule has 202 valence electrons. The van der Waals surface area contributed by atoms with Gasteiger partial charge in [0.2, 0.25) is 11.2 Å². The summed E-state index contributed by atoms with van der Waals surface area (Å²) in [5, 5.41) is 6.00. The summed E-state index contributed by atoms with van der Waals surface area (Å²) in [5.74, 6) is 0. The molecule has 5 aromatic rings. The fourth-order valence-electron chi connectivity index (χ4n) is 5.34. The van der Waals surface area contributed by atoms with Crippen LogP contribution in [0.2, 0.25) is 0 Å². The van der Waals surface area contributed by atoms with E-state index in [1.54, 1.807) is 5.38 Å². The van der Waals surface area contributed by atoms with Crippen molar-refractivity contribution in [2.45, 2.75) is 59.6 Å². The third-order valence-corrected chi connectivity index (χ3v) is 8.69. The number of hydrogen-bond donors (Lipinski definition) is 0. The first kappa shape index (κ1) is 27.3. The van der Waals surface area contributed by atoms with Crippen molar-refractivity contribution >= 4 is 33.0 Å². The second-order valence-electron chi connectivity index (χ2n) is 12.1. The minimum atomic E-state index is -4.30. The molecule has 0 spiro atoms. The lowest BCUT2D eigenvalue weighted by Gasteiger charge is -2.26. The lowest BCUT2D eigenvalue weighted by molar-refractivity contribution is -0.633. The molecule has 0 saturated heterocycles. The van der Waals surface area contributed by atoms with Crippen LogP contribution in [0.15, 0.2) is 66.0 Å². The van der Waals surface area contributed by atoms with Gasteiger partial charge in [-0.25, -0.2) is 4.98 Å². The van der Waals surface area contributed by atoms with E-state index in [0.717, 1.165) is 32.7 Å². The topological polar surface area (TPSA) is 16.8 Å². The van der Waals surface area contributed by atoms with Crippen LogP contribution in [0.3, 0.4) is 0 Å². The molecule has 0 fully saturated rings. The third-order valence-electron chi connectivity index (χ3n) is 7.77. The molecular formula is C33H34F3N2S+. The second kappa shape index (κ2) is 9.44. The van der Waals surface area contributed by atoms with Crippen molar-refractivity contribution in [1.29, 1.82) is 0 Å². The second-order valence-corrected chi connectivity index (χ2v) is 13.0. The first-order valence-corrected chi connectivity index (χ1v) is 14.0. The van der Waals surface area contributed by atoms with Crippen molar-refractivity contribution in [3.05, 3.63) is 82.9 Å². The predicted octanol–water partition coefficient (Wildman–Crippen LogP) is 9.34. The number of benzene rings is 3. The van der Waals surface area contributed by atoms with Gasteiger partial charge in [-0.2, -0.15) is 17.7 Å². The summed E-state index contributed by atoms with van der Waals surface area (Å²) in [6.07, 6.45) is -4.45. The molecule has 0 aliphatic rings. The van der Waals surface area contributed by atoms with E-state index in [4.69, 9.17) is 4.98 Å². The molecule has 0 bridgehead atoms. The van der Waals surface area contributed by atoms with Crippen LogP contribution < -0.4 is 4.57 Å². The summed E-state index contributed by atoms with van der Waals surface area (Å²) in [6, 6.07) is 21.2. The van der Waals surface area contributed by atoms with Gasteiger partial charge in [0.15, 0.2) is 0 Å². The number of alkyl halides is 3. The molecule has 3 aromatic carbocycles. The van der Waals surface area contributed by atoms with Gasteiger partial charge in [-0.05, 0) is 46.4 Å². The van der Waals surface area contributed by atoms with E-state index in [1.807, 2.05) is 12.1 Å². The summed E-state index contributed by atoms with van der Waals surface area (Å²) < 4.78 is 43.0. The molecule has 0 aliphatic carbocycles. The third kappa shape index (κ3) is 4.84. The van der Waals surface area contributed by atoms with Crippen LogP contribution in [0, 0.1) is 12.3 Å². The van der Waals surface area contributed by atoms with Crippen LogP contribution in [0.1, 0.15) is 51.4 Å². The maximum absolute atomic E-state index is 13.6. The molecule has 0 radical (unpaired) electrons. The monoisotopic (exact) mass is 547 g/mol. The highest BCUT2D eigenvalue weighted by molar-refractivity contribution is 7.13. The Hall–Kier alpha value is -3.25. The van der Waals surface area contributed by atoms with Gasteiger partial charge in [0, 0.05) is 29.5 Å². The summed E-state index contributed by atoms with van der Waals surface area (Å²) in [4.78, 5) is 4.73. The van der Waals surface area contributed by atoms with E-state index in [9.17, 15) is 13.2 Å². The Morgan fingerprint density at radius 2 is 1.44 bits per heavy atom. The number of fused-ring (bicyclic) bond motifs is 2. The number of thiazole rings is 1. The molecule has 2 aromatic heterocycles. The molecule has 0 atom stereocenters. The molecule has 0 aliphatic heterocycles. The van der Waals surface area contributed by atoms with E-state index in [-0.39, 0.29) is 11.8 Å². The summed E-state index contributed by atoms with van der Waals surface area (Å²) in [7, 11) is 2.08. The predicted molar refractivity (Wildman–Crippen MR) is 156 cm³/mol. The maximum Gasteiger partial charge on any atom is 0.394 e. The number of aryl methyl sites for hydroxylation is 2. The summed E-state index contributed by atoms with van der Waals surface area (Å²) >= 11 is 1.41. The van der Waals surface area contributed by atoms with Crippen LogP contribution in [-0.2, 0) is 18.9 Å². The number of aromatic nitrogens is 2. The number of hydrogen-bond acceptors (Lipinski definition) is 2. The smallest absolute Gasteiger partial charge is 0.241 e. The highest BCUT2D eigenvalue weighted by atomic mass is 32.1. The van der Waals surface area contributed by atoms with Crippen LogP contribution >= 0.6 is 11.3 Å². The van der Waals surface area contributed by atoms with E-state index >= 15 is 0 Å².